The van der Waals surface area contributed by atoms with Crippen LogP contribution in [0.3, 0.4) is 0 Å². The fourth-order valence-electron chi connectivity index (χ4n) is 2.00. The molecule has 0 atom stereocenters. The fraction of sp³-hybridized carbons (Fsp3) is 0.133. The van der Waals surface area contributed by atoms with Crippen LogP contribution in [0.1, 0.15) is 21.1 Å². The third-order valence-corrected chi connectivity index (χ3v) is 3.95. The number of carbonyl (C=O) groups is 1. The molecule has 0 bridgehead atoms. The van der Waals surface area contributed by atoms with Crippen LogP contribution in [-0.2, 0) is 6.54 Å². The summed E-state index contributed by atoms with van der Waals surface area (Å²) in [6.07, 6.45) is 5.34. The number of hydrogen-bond acceptors (Lipinski definition) is 4. The molecular formula is C15H14N4OS. The molecule has 0 saturated carbocycles. The molecule has 3 heterocycles. The molecule has 3 aromatic rings. The molecule has 0 spiro atoms. The van der Waals surface area contributed by atoms with Gasteiger partial charge in [0.25, 0.3) is 5.91 Å². The maximum atomic E-state index is 11.9. The molecule has 1 amide bonds. The lowest BCUT2D eigenvalue weighted by molar-refractivity contribution is 0.0955. The van der Waals surface area contributed by atoms with E-state index in [1.165, 1.54) is 11.3 Å². The zero-order chi connectivity index (χ0) is 14.7. The first-order chi connectivity index (χ1) is 10.2. The highest BCUT2D eigenvalue weighted by molar-refractivity contribution is 7.12. The van der Waals surface area contributed by atoms with E-state index in [1.54, 1.807) is 12.4 Å². The van der Waals surface area contributed by atoms with E-state index in [4.69, 9.17) is 0 Å². The Balaban J connectivity index is 1.72. The summed E-state index contributed by atoms with van der Waals surface area (Å²) in [4.78, 5) is 21.1. The van der Waals surface area contributed by atoms with Gasteiger partial charge in [-0.05, 0) is 36.1 Å². The SMILES string of the molecule is Cc1nccn1-c1cc(CNC(=O)c2cccs2)ccn1. The number of nitrogens with one attached hydrogen (secondary N) is 1. The van der Waals surface area contributed by atoms with Crippen LogP contribution in [0, 0.1) is 6.92 Å². The molecule has 6 heteroatoms. The van der Waals surface area contributed by atoms with Gasteiger partial charge in [-0.2, -0.15) is 0 Å². The minimum atomic E-state index is -0.0535. The Hall–Kier alpha value is -2.47. The molecule has 3 rings (SSSR count). The largest absolute Gasteiger partial charge is 0.347 e. The highest BCUT2D eigenvalue weighted by atomic mass is 32.1. The van der Waals surface area contributed by atoms with Crippen LogP contribution in [0.15, 0.2) is 48.2 Å². The van der Waals surface area contributed by atoms with Gasteiger partial charge in [-0.1, -0.05) is 6.07 Å². The molecule has 1 N–H and O–H groups in total. The maximum absolute atomic E-state index is 11.9. The third-order valence-electron chi connectivity index (χ3n) is 3.08. The van der Waals surface area contributed by atoms with Crippen LogP contribution in [0.4, 0.5) is 0 Å². The summed E-state index contributed by atoms with van der Waals surface area (Å²) in [6.45, 7) is 2.40. The lowest BCUT2D eigenvalue weighted by atomic mass is 10.2. The Labute approximate surface area is 126 Å². The summed E-state index contributed by atoms with van der Waals surface area (Å²) < 4.78 is 1.91. The number of aryl methyl sites for hydroxylation is 1. The van der Waals surface area contributed by atoms with Gasteiger partial charge in [0.05, 0.1) is 4.88 Å². The molecule has 0 aliphatic carbocycles. The van der Waals surface area contributed by atoms with Crippen molar-refractivity contribution in [1.29, 1.82) is 0 Å². The predicted molar refractivity (Wildman–Crippen MR) is 81.6 cm³/mol. The number of aromatic nitrogens is 3. The van der Waals surface area contributed by atoms with Crippen molar-refractivity contribution < 1.29 is 4.79 Å². The second kappa shape index (κ2) is 5.88. The summed E-state index contributed by atoms with van der Waals surface area (Å²) in [7, 11) is 0. The first kappa shape index (κ1) is 13.5. The Bertz CT molecular complexity index is 749. The van der Waals surface area contributed by atoms with Crippen molar-refractivity contribution in [2.24, 2.45) is 0 Å². The Kier molecular flexibility index (Phi) is 3.79. The van der Waals surface area contributed by atoms with E-state index >= 15 is 0 Å². The summed E-state index contributed by atoms with van der Waals surface area (Å²) in [5, 5.41) is 4.80. The summed E-state index contributed by atoms with van der Waals surface area (Å²) >= 11 is 1.43. The second-order valence-electron chi connectivity index (χ2n) is 4.53. The number of pyridine rings is 1. The van der Waals surface area contributed by atoms with Crippen molar-refractivity contribution in [3.8, 4) is 5.82 Å². The summed E-state index contributed by atoms with van der Waals surface area (Å²) in [5.41, 5.74) is 0.998. The Morgan fingerprint density at radius 2 is 2.24 bits per heavy atom. The molecule has 5 nitrogen and oxygen atoms in total. The lowest BCUT2D eigenvalue weighted by Crippen LogP contribution is -2.21. The van der Waals surface area contributed by atoms with Crippen molar-refractivity contribution in [3.63, 3.8) is 0 Å². The van der Waals surface area contributed by atoms with Gasteiger partial charge in [-0.3, -0.25) is 9.36 Å². The highest BCUT2D eigenvalue weighted by Crippen LogP contribution is 2.11. The zero-order valence-corrected chi connectivity index (χ0v) is 12.3. The second-order valence-corrected chi connectivity index (χ2v) is 5.47. The Morgan fingerprint density at radius 3 is 2.95 bits per heavy atom. The van der Waals surface area contributed by atoms with Crippen molar-refractivity contribution in [1.82, 2.24) is 19.9 Å². The van der Waals surface area contributed by atoms with Gasteiger partial charge in [-0.15, -0.1) is 11.3 Å². The van der Waals surface area contributed by atoms with Crippen molar-refractivity contribution in [3.05, 3.63) is 64.5 Å². The third kappa shape index (κ3) is 3.00. The quantitative estimate of drug-likeness (QED) is 0.805. The molecule has 3 aromatic heterocycles. The number of imidazole rings is 1. The zero-order valence-electron chi connectivity index (χ0n) is 11.5. The van der Waals surface area contributed by atoms with Crippen LogP contribution in [0.5, 0.6) is 0 Å². The van der Waals surface area contributed by atoms with Gasteiger partial charge in [0, 0.05) is 25.1 Å². The number of nitrogens with zero attached hydrogens (tertiary/aromatic N) is 3. The topological polar surface area (TPSA) is 59.8 Å². The summed E-state index contributed by atoms with van der Waals surface area (Å²) in [5.74, 6) is 1.62. The molecule has 0 unspecified atom stereocenters. The van der Waals surface area contributed by atoms with E-state index in [9.17, 15) is 4.79 Å². The van der Waals surface area contributed by atoms with Crippen molar-refractivity contribution in [2.75, 3.05) is 0 Å². The minimum Gasteiger partial charge on any atom is -0.347 e. The lowest BCUT2D eigenvalue weighted by Gasteiger charge is -2.07. The molecule has 0 aliphatic rings. The van der Waals surface area contributed by atoms with E-state index in [0.29, 0.717) is 6.54 Å². The van der Waals surface area contributed by atoms with Gasteiger partial charge in [0.2, 0.25) is 0 Å². The van der Waals surface area contributed by atoms with Gasteiger partial charge in [-0.25, -0.2) is 9.97 Å². The smallest absolute Gasteiger partial charge is 0.261 e. The van der Waals surface area contributed by atoms with Crippen molar-refractivity contribution >= 4 is 17.2 Å². The molecule has 0 aliphatic heterocycles. The van der Waals surface area contributed by atoms with Crippen LogP contribution < -0.4 is 5.32 Å². The minimum absolute atomic E-state index is 0.0535. The van der Waals surface area contributed by atoms with Crippen LogP contribution >= 0.6 is 11.3 Å². The number of hydrogen-bond donors (Lipinski definition) is 1. The number of thiophene rings is 1. The fourth-order valence-corrected chi connectivity index (χ4v) is 2.64. The first-order valence-corrected chi connectivity index (χ1v) is 7.39. The van der Waals surface area contributed by atoms with Gasteiger partial charge in [0.1, 0.15) is 11.6 Å². The first-order valence-electron chi connectivity index (χ1n) is 6.51. The average Bonchev–Trinajstić information content (AvgIpc) is 3.16. The number of carbonyl (C=O) groups excluding carboxylic acids is 1. The van der Waals surface area contributed by atoms with Crippen molar-refractivity contribution in [2.45, 2.75) is 13.5 Å². The van der Waals surface area contributed by atoms with Gasteiger partial charge >= 0.3 is 0 Å². The van der Waals surface area contributed by atoms with E-state index < -0.39 is 0 Å². The highest BCUT2D eigenvalue weighted by Gasteiger charge is 2.07. The molecule has 0 saturated heterocycles. The summed E-state index contributed by atoms with van der Waals surface area (Å²) in [6, 6.07) is 7.52. The van der Waals surface area contributed by atoms with E-state index in [0.717, 1.165) is 22.1 Å². The number of amides is 1. The van der Waals surface area contributed by atoms with Crippen LogP contribution in [0.2, 0.25) is 0 Å². The molecule has 0 fully saturated rings. The molecule has 0 aromatic carbocycles. The molecule has 21 heavy (non-hydrogen) atoms. The molecule has 106 valence electrons. The Morgan fingerprint density at radius 1 is 1.33 bits per heavy atom. The average molecular weight is 298 g/mol. The van der Waals surface area contributed by atoms with Crippen LogP contribution in [0.25, 0.3) is 5.82 Å². The van der Waals surface area contributed by atoms with E-state index in [1.807, 2.05) is 47.3 Å². The van der Waals surface area contributed by atoms with Gasteiger partial charge in [0.15, 0.2) is 0 Å². The standard InChI is InChI=1S/C15H14N4OS/c1-11-16-6-7-19(11)14-9-12(4-5-17-14)10-18-15(20)13-3-2-8-21-13/h2-9H,10H2,1H3,(H,18,20). The maximum Gasteiger partial charge on any atom is 0.261 e. The normalized spacial score (nSPS) is 10.5. The van der Waals surface area contributed by atoms with E-state index in [2.05, 4.69) is 15.3 Å². The number of rotatable bonds is 4. The van der Waals surface area contributed by atoms with E-state index in [-0.39, 0.29) is 5.91 Å². The molecule has 0 radical (unpaired) electrons. The van der Waals surface area contributed by atoms with Crippen LogP contribution in [-0.4, -0.2) is 20.4 Å². The molecular weight excluding hydrogens is 284 g/mol. The van der Waals surface area contributed by atoms with Gasteiger partial charge < -0.3 is 5.32 Å². The monoisotopic (exact) mass is 298 g/mol. The predicted octanol–water partition coefficient (Wildman–Crippen LogP) is 2.57.